The van der Waals surface area contributed by atoms with Gasteiger partial charge in [-0.25, -0.2) is 0 Å². The summed E-state index contributed by atoms with van der Waals surface area (Å²) < 4.78 is 11.7. The van der Waals surface area contributed by atoms with Gasteiger partial charge in [0.05, 0.1) is 6.61 Å². The monoisotopic (exact) mass is 153 g/mol. The third-order valence-corrected chi connectivity index (χ3v) is 1.61. The van der Waals surface area contributed by atoms with Crippen LogP contribution in [0.2, 0.25) is 0 Å². The average Bonchev–Trinajstić information content (AvgIpc) is 2.15. The number of aliphatic hydroxyl groups is 1. The Bertz CT molecular complexity index is 213. The molecular weight excluding hydrogens is 140 g/mol. The standard InChI is InChI=1S/C9H12O2/c1-11-9(7-10)8-5-3-2-4-6-8/h2-6,9-10H,7H2,1H3/t9-/m1/s1/i10D. The Hall–Kier alpha value is -0.860. The fourth-order valence-electron chi connectivity index (χ4n) is 0.968. The van der Waals surface area contributed by atoms with Crippen molar-refractivity contribution in [2.75, 3.05) is 13.7 Å². The van der Waals surface area contributed by atoms with Gasteiger partial charge in [0.15, 0.2) is 0 Å². The zero-order valence-electron chi connectivity index (χ0n) is 7.49. The van der Waals surface area contributed by atoms with Crippen LogP contribution in [0.5, 0.6) is 0 Å². The lowest BCUT2D eigenvalue weighted by atomic mass is 10.1. The predicted octanol–water partition coefficient (Wildman–Crippen LogP) is 1.37. The first-order valence-corrected chi connectivity index (χ1v) is 3.54. The smallest absolute Gasteiger partial charge is 0.210 e. The van der Waals surface area contributed by atoms with Crippen molar-refractivity contribution in [3.8, 4) is 0 Å². The number of hydrogen-bond acceptors (Lipinski definition) is 2. The van der Waals surface area contributed by atoms with Crippen LogP contribution >= 0.6 is 0 Å². The van der Waals surface area contributed by atoms with E-state index in [9.17, 15) is 0 Å². The van der Waals surface area contributed by atoms with Crippen LogP contribution in [0.15, 0.2) is 30.3 Å². The minimum Gasteiger partial charge on any atom is -0.393 e. The van der Waals surface area contributed by atoms with Gasteiger partial charge in [0.2, 0.25) is 1.43 Å². The van der Waals surface area contributed by atoms with E-state index in [-0.39, 0.29) is 12.7 Å². The second-order valence-electron chi connectivity index (χ2n) is 2.30. The van der Waals surface area contributed by atoms with E-state index in [2.05, 4.69) is 5.11 Å². The van der Waals surface area contributed by atoms with Gasteiger partial charge in [-0.05, 0) is 5.56 Å². The Balaban J connectivity index is 2.66. The Morgan fingerprint density at radius 2 is 2.27 bits per heavy atom. The molecule has 11 heavy (non-hydrogen) atoms. The highest BCUT2D eigenvalue weighted by Crippen LogP contribution is 2.14. The van der Waals surface area contributed by atoms with Crippen molar-refractivity contribution in [1.82, 2.24) is 0 Å². The first-order valence-electron chi connectivity index (χ1n) is 3.95. The van der Waals surface area contributed by atoms with E-state index in [4.69, 9.17) is 6.17 Å². The lowest BCUT2D eigenvalue weighted by Crippen LogP contribution is -2.05. The first kappa shape index (κ1) is 6.83. The fraction of sp³-hybridized carbons (Fsp3) is 0.333. The van der Waals surface area contributed by atoms with Crippen molar-refractivity contribution in [2.45, 2.75) is 6.10 Å². The number of methoxy groups -OCH3 is 1. The molecule has 0 bridgehead atoms. The van der Waals surface area contributed by atoms with Gasteiger partial charge in [0.1, 0.15) is 6.10 Å². The molecule has 0 amide bonds. The molecule has 0 saturated heterocycles. The normalized spacial score (nSPS) is 14.1. The minimum atomic E-state index is -0.135. The number of ether oxygens (including phenoxy) is 1. The molecule has 1 atom stereocenters. The SMILES string of the molecule is [2H]OC[C@@H](OC)c1ccccc1. The van der Waals surface area contributed by atoms with Crippen LogP contribution < -0.4 is 0 Å². The van der Waals surface area contributed by atoms with E-state index in [1.54, 1.807) is 7.11 Å². The molecule has 0 aromatic heterocycles. The van der Waals surface area contributed by atoms with E-state index >= 15 is 0 Å². The molecule has 0 saturated carbocycles. The van der Waals surface area contributed by atoms with Crippen LogP contribution in [0, 0.1) is 0 Å². The largest absolute Gasteiger partial charge is 0.393 e. The summed E-state index contributed by atoms with van der Waals surface area (Å²) in [6.07, 6.45) is -0.135. The van der Waals surface area contributed by atoms with Gasteiger partial charge >= 0.3 is 0 Å². The van der Waals surface area contributed by atoms with Gasteiger partial charge in [-0.3, -0.25) is 0 Å². The quantitative estimate of drug-likeness (QED) is 0.707. The lowest BCUT2D eigenvalue weighted by Gasteiger charge is -2.11. The molecule has 0 unspecified atom stereocenters. The molecule has 1 rings (SSSR count). The second kappa shape index (κ2) is 4.11. The van der Waals surface area contributed by atoms with Crippen LogP contribution in [-0.2, 0) is 4.74 Å². The minimum absolute atomic E-state index is 0.135. The summed E-state index contributed by atoms with van der Waals surface area (Å²) in [5.41, 5.74) is 1.03. The molecule has 2 heteroatoms. The topological polar surface area (TPSA) is 29.5 Å². The number of benzene rings is 1. The maximum atomic E-state index is 6.61. The average molecular weight is 153 g/mol. The summed E-state index contributed by atoms with van der Waals surface area (Å²) in [5, 5.41) is 4.27. The molecule has 1 aromatic rings. The van der Waals surface area contributed by atoms with Crippen molar-refractivity contribution >= 4 is 0 Å². The van der Waals surface area contributed by atoms with E-state index in [0.717, 1.165) is 5.56 Å². The van der Waals surface area contributed by atoms with E-state index < -0.39 is 0 Å². The van der Waals surface area contributed by atoms with Gasteiger partial charge < -0.3 is 9.85 Å². The molecule has 0 spiro atoms. The molecule has 0 aliphatic carbocycles. The second-order valence-corrected chi connectivity index (χ2v) is 2.30. The molecule has 1 N–H and O–H groups in total. The van der Waals surface area contributed by atoms with Crippen LogP contribution in [0.3, 0.4) is 0 Å². The third-order valence-electron chi connectivity index (χ3n) is 1.61. The van der Waals surface area contributed by atoms with E-state index in [1.165, 1.54) is 0 Å². The molecule has 0 aliphatic heterocycles. The van der Waals surface area contributed by atoms with Gasteiger partial charge in [0.25, 0.3) is 0 Å². The fourth-order valence-corrected chi connectivity index (χ4v) is 0.968. The zero-order valence-corrected chi connectivity index (χ0v) is 6.49. The van der Waals surface area contributed by atoms with Crippen molar-refractivity contribution in [3.63, 3.8) is 0 Å². The highest BCUT2D eigenvalue weighted by Gasteiger charge is 2.06. The van der Waals surface area contributed by atoms with Crippen molar-refractivity contribution in [2.24, 2.45) is 0 Å². The molecule has 0 fully saturated rings. The molecule has 60 valence electrons. The summed E-state index contributed by atoms with van der Waals surface area (Å²) in [5.74, 6) is 0. The van der Waals surface area contributed by atoms with E-state index in [0.29, 0.717) is 0 Å². The molecule has 2 nitrogen and oxygen atoms in total. The zero-order chi connectivity index (χ0) is 8.81. The van der Waals surface area contributed by atoms with E-state index in [1.807, 2.05) is 30.3 Å². The predicted molar refractivity (Wildman–Crippen MR) is 43.3 cm³/mol. The lowest BCUT2D eigenvalue weighted by molar-refractivity contribution is 0.0484. The van der Waals surface area contributed by atoms with Gasteiger partial charge in [0, 0.05) is 7.11 Å². The summed E-state index contributed by atoms with van der Waals surface area (Å²) in [4.78, 5) is 0. The molecule has 0 heterocycles. The van der Waals surface area contributed by atoms with Gasteiger partial charge in [-0.15, -0.1) is 0 Å². The third kappa shape index (κ3) is 2.03. The molecular formula is C9H12O2. The number of rotatable bonds is 4. The summed E-state index contributed by atoms with van der Waals surface area (Å²) in [6, 6.07) is 9.72. The van der Waals surface area contributed by atoms with Gasteiger partial charge in [-0.2, -0.15) is 0 Å². The van der Waals surface area contributed by atoms with Crippen LogP contribution in [0.25, 0.3) is 0 Å². The highest BCUT2D eigenvalue weighted by atomic mass is 16.5. The Morgan fingerprint density at radius 1 is 1.55 bits per heavy atom. The number of aliphatic hydroxyl groups excluding tert-OH is 1. The Morgan fingerprint density at radius 3 is 2.82 bits per heavy atom. The van der Waals surface area contributed by atoms with Crippen LogP contribution in [-0.4, -0.2) is 20.3 Å². The van der Waals surface area contributed by atoms with Gasteiger partial charge in [-0.1, -0.05) is 30.3 Å². The van der Waals surface area contributed by atoms with Crippen molar-refractivity contribution in [3.05, 3.63) is 35.9 Å². The molecule has 0 radical (unpaired) electrons. The molecule has 0 aliphatic rings. The van der Waals surface area contributed by atoms with Crippen molar-refractivity contribution in [1.29, 1.82) is 1.43 Å². The Kier molecular flexibility index (Phi) is 2.55. The maximum Gasteiger partial charge on any atom is 0.210 e. The summed E-state index contributed by atoms with van der Waals surface area (Å²) in [7, 11) is 1.61. The Labute approximate surface area is 67.9 Å². The van der Waals surface area contributed by atoms with Crippen LogP contribution in [0.4, 0.5) is 0 Å². The van der Waals surface area contributed by atoms with Crippen LogP contribution in [0.1, 0.15) is 11.7 Å². The summed E-state index contributed by atoms with van der Waals surface area (Å²) >= 11 is 0. The summed E-state index contributed by atoms with van der Waals surface area (Å²) in [6.45, 7) is 0.264. The van der Waals surface area contributed by atoms with Crippen molar-refractivity contribution < 1.29 is 9.85 Å². The maximum absolute atomic E-state index is 6.61. The number of hydrogen-bond donors (Lipinski definition) is 1. The molecule has 1 aromatic carbocycles. The first-order chi connectivity index (χ1) is 5.88. The highest BCUT2D eigenvalue weighted by molar-refractivity contribution is 5.17.